The molecule has 1 heterocycles. The van der Waals surface area contributed by atoms with Crippen LogP contribution in [0.2, 0.25) is 0 Å². The highest BCUT2D eigenvalue weighted by Gasteiger charge is 2.22. The smallest absolute Gasteiger partial charge is 0.274 e. The van der Waals surface area contributed by atoms with Crippen LogP contribution >= 0.6 is 0 Å². The normalized spacial score (nSPS) is 23.9. The van der Waals surface area contributed by atoms with Gasteiger partial charge in [0.25, 0.3) is 5.95 Å². The fourth-order valence-corrected chi connectivity index (χ4v) is 1.55. The Labute approximate surface area is 85.5 Å². The van der Waals surface area contributed by atoms with E-state index in [0.29, 0.717) is 12.0 Å². The Morgan fingerprint density at radius 3 is 2.64 bits per heavy atom. The molecule has 80 valence electrons. The van der Waals surface area contributed by atoms with E-state index in [0.717, 1.165) is 25.6 Å². The van der Waals surface area contributed by atoms with E-state index < -0.39 is 0 Å². The van der Waals surface area contributed by atoms with E-state index in [2.05, 4.69) is 5.32 Å². The zero-order valence-electron chi connectivity index (χ0n) is 8.79. The van der Waals surface area contributed by atoms with Crippen LogP contribution in [0, 0.1) is 5.92 Å². The number of rotatable bonds is 5. The maximum atomic E-state index is 5.63. The van der Waals surface area contributed by atoms with Gasteiger partial charge in [-0.3, -0.25) is 0 Å². The fraction of sp³-hybridized carbons (Fsp3) is 0.818. The quantitative estimate of drug-likeness (QED) is 0.680. The average molecular weight is 197 g/mol. The molecule has 1 saturated carbocycles. The van der Waals surface area contributed by atoms with Crippen molar-refractivity contribution >= 4 is 0 Å². The lowest BCUT2D eigenvalue weighted by molar-refractivity contribution is -0.0415. The molecule has 0 aromatic carbocycles. The number of nitrogens with one attached hydrogen (secondary N) is 1. The molecular weight excluding hydrogens is 178 g/mol. The van der Waals surface area contributed by atoms with Gasteiger partial charge in [-0.1, -0.05) is 6.42 Å². The van der Waals surface area contributed by atoms with Crippen LogP contribution in [0.4, 0.5) is 0 Å². The molecule has 0 radical (unpaired) electrons. The molecule has 0 aromatic heterocycles. The molecule has 0 aromatic rings. The third-order valence-corrected chi connectivity index (χ3v) is 2.95. The van der Waals surface area contributed by atoms with E-state index in [1.165, 1.54) is 19.3 Å². The van der Waals surface area contributed by atoms with Crippen molar-refractivity contribution in [2.24, 2.45) is 5.92 Å². The molecule has 2 fully saturated rings. The first-order chi connectivity index (χ1) is 6.88. The summed E-state index contributed by atoms with van der Waals surface area (Å²) in [6.07, 6.45) is 6.25. The Balaban J connectivity index is 1.64. The third-order valence-electron chi connectivity index (χ3n) is 2.95. The van der Waals surface area contributed by atoms with Gasteiger partial charge in [0.05, 0.1) is 6.61 Å². The molecule has 1 N–H and O–H groups in total. The predicted molar refractivity (Wildman–Crippen MR) is 54.8 cm³/mol. The maximum Gasteiger partial charge on any atom is 0.274 e. The fourth-order valence-electron chi connectivity index (χ4n) is 1.55. The van der Waals surface area contributed by atoms with Gasteiger partial charge in [-0.05, 0) is 31.8 Å². The van der Waals surface area contributed by atoms with Crippen molar-refractivity contribution in [2.45, 2.75) is 32.3 Å². The Hall–Kier alpha value is -0.700. The maximum absolute atomic E-state index is 5.63. The highest BCUT2D eigenvalue weighted by Crippen LogP contribution is 2.27. The minimum absolute atomic E-state index is 0.322. The Morgan fingerprint density at radius 2 is 2.21 bits per heavy atom. The van der Waals surface area contributed by atoms with Crippen LogP contribution in [-0.2, 0) is 9.47 Å². The summed E-state index contributed by atoms with van der Waals surface area (Å²) >= 11 is 0. The van der Waals surface area contributed by atoms with Crippen LogP contribution in [0.15, 0.2) is 12.0 Å². The second kappa shape index (κ2) is 4.69. The first-order valence-corrected chi connectivity index (χ1v) is 5.55. The standard InChI is InChI=1S/C11H19NO2/c1-2-11(14-10-6-12-7-10)13-8-9-4-3-5-9/h2,9-10,12H,3-8H2,1H3. The van der Waals surface area contributed by atoms with E-state index >= 15 is 0 Å². The Kier molecular flexibility index (Phi) is 3.30. The molecule has 1 aliphatic carbocycles. The molecule has 1 aliphatic heterocycles. The average Bonchev–Trinajstić information content (AvgIpc) is 2.04. The molecule has 2 rings (SSSR count). The zero-order chi connectivity index (χ0) is 9.80. The lowest BCUT2D eigenvalue weighted by atomic mass is 9.86. The molecular formula is C11H19NO2. The summed E-state index contributed by atoms with van der Waals surface area (Å²) in [6, 6.07) is 0. The van der Waals surface area contributed by atoms with Crippen LogP contribution in [0.5, 0.6) is 0 Å². The van der Waals surface area contributed by atoms with Crippen LogP contribution in [-0.4, -0.2) is 25.8 Å². The van der Waals surface area contributed by atoms with Gasteiger partial charge in [-0.25, -0.2) is 0 Å². The second-order valence-electron chi connectivity index (χ2n) is 4.11. The summed E-state index contributed by atoms with van der Waals surface area (Å²) in [5.74, 6) is 1.48. The van der Waals surface area contributed by atoms with Crippen LogP contribution in [0.1, 0.15) is 26.2 Å². The summed E-state index contributed by atoms with van der Waals surface area (Å²) in [6.45, 7) is 4.69. The van der Waals surface area contributed by atoms with Crippen LogP contribution in [0.25, 0.3) is 0 Å². The van der Waals surface area contributed by atoms with E-state index in [-0.39, 0.29) is 0 Å². The summed E-state index contributed by atoms with van der Waals surface area (Å²) in [7, 11) is 0. The molecule has 0 bridgehead atoms. The summed E-state index contributed by atoms with van der Waals surface area (Å²) in [5.41, 5.74) is 0. The van der Waals surface area contributed by atoms with Crippen molar-refractivity contribution < 1.29 is 9.47 Å². The van der Waals surface area contributed by atoms with Crippen molar-refractivity contribution in [3.8, 4) is 0 Å². The first kappa shape index (κ1) is 9.84. The largest absolute Gasteiger partial charge is 0.465 e. The van der Waals surface area contributed by atoms with Gasteiger partial charge in [0.15, 0.2) is 0 Å². The van der Waals surface area contributed by atoms with Gasteiger partial charge < -0.3 is 14.8 Å². The number of ether oxygens (including phenoxy) is 2. The highest BCUT2D eigenvalue weighted by molar-refractivity contribution is 4.86. The summed E-state index contributed by atoms with van der Waals surface area (Å²) < 4.78 is 11.2. The molecule has 0 spiro atoms. The van der Waals surface area contributed by atoms with Gasteiger partial charge in [-0.15, -0.1) is 0 Å². The zero-order valence-corrected chi connectivity index (χ0v) is 8.79. The Morgan fingerprint density at radius 1 is 1.43 bits per heavy atom. The molecule has 0 atom stereocenters. The second-order valence-corrected chi connectivity index (χ2v) is 4.11. The third kappa shape index (κ3) is 2.41. The van der Waals surface area contributed by atoms with E-state index in [9.17, 15) is 0 Å². The van der Waals surface area contributed by atoms with E-state index in [4.69, 9.17) is 9.47 Å². The summed E-state index contributed by atoms with van der Waals surface area (Å²) in [5, 5.41) is 3.17. The number of hydrogen-bond donors (Lipinski definition) is 1. The predicted octanol–water partition coefficient (Wildman–Crippen LogP) is 1.65. The van der Waals surface area contributed by atoms with Gasteiger partial charge in [0.1, 0.15) is 6.10 Å². The van der Waals surface area contributed by atoms with E-state index in [1.54, 1.807) is 0 Å². The lowest BCUT2D eigenvalue weighted by Crippen LogP contribution is -2.48. The lowest BCUT2D eigenvalue weighted by Gasteiger charge is -2.30. The minimum atomic E-state index is 0.322. The van der Waals surface area contributed by atoms with Gasteiger partial charge in [-0.2, -0.15) is 0 Å². The van der Waals surface area contributed by atoms with Crippen molar-refractivity contribution in [1.29, 1.82) is 0 Å². The van der Waals surface area contributed by atoms with Crippen LogP contribution in [0.3, 0.4) is 0 Å². The molecule has 0 amide bonds. The molecule has 3 heteroatoms. The van der Waals surface area contributed by atoms with Gasteiger partial charge in [0.2, 0.25) is 0 Å². The SMILES string of the molecule is CC=C(OCC1CCC1)OC1CNC1. The molecule has 2 aliphatic rings. The monoisotopic (exact) mass is 197 g/mol. The van der Waals surface area contributed by atoms with Crippen molar-refractivity contribution in [3.05, 3.63) is 12.0 Å². The highest BCUT2D eigenvalue weighted by atomic mass is 16.7. The minimum Gasteiger partial charge on any atom is -0.465 e. The molecule has 3 nitrogen and oxygen atoms in total. The topological polar surface area (TPSA) is 30.5 Å². The van der Waals surface area contributed by atoms with Crippen molar-refractivity contribution in [1.82, 2.24) is 5.32 Å². The van der Waals surface area contributed by atoms with Crippen molar-refractivity contribution in [3.63, 3.8) is 0 Å². The Bertz CT molecular complexity index is 207. The van der Waals surface area contributed by atoms with Gasteiger partial charge >= 0.3 is 0 Å². The molecule has 1 saturated heterocycles. The summed E-state index contributed by atoms with van der Waals surface area (Å²) in [4.78, 5) is 0. The number of hydrogen-bond acceptors (Lipinski definition) is 3. The van der Waals surface area contributed by atoms with E-state index in [1.807, 2.05) is 13.0 Å². The number of allylic oxidation sites excluding steroid dienone is 1. The van der Waals surface area contributed by atoms with Crippen LogP contribution < -0.4 is 5.32 Å². The molecule has 14 heavy (non-hydrogen) atoms. The molecule has 0 unspecified atom stereocenters. The van der Waals surface area contributed by atoms with Crippen molar-refractivity contribution in [2.75, 3.05) is 19.7 Å². The first-order valence-electron chi connectivity index (χ1n) is 5.55. The van der Waals surface area contributed by atoms with Gasteiger partial charge in [0, 0.05) is 13.1 Å².